The van der Waals surface area contributed by atoms with Crippen molar-refractivity contribution in [2.75, 3.05) is 11.8 Å². The van der Waals surface area contributed by atoms with Gasteiger partial charge in [0, 0.05) is 22.4 Å². The molecule has 0 aliphatic rings. The zero-order valence-electron chi connectivity index (χ0n) is 18.5. The summed E-state index contributed by atoms with van der Waals surface area (Å²) in [5, 5.41) is 1.21. The number of carbonyl (C=O) groups is 1. The van der Waals surface area contributed by atoms with E-state index >= 15 is 0 Å². The van der Waals surface area contributed by atoms with Crippen LogP contribution in [0.4, 0.5) is 5.69 Å². The van der Waals surface area contributed by atoms with Gasteiger partial charge in [-0.1, -0.05) is 39.0 Å². The lowest BCUT2D eigenvalue weighted by Crippen LogP contribution is -2.16. The van der Waals surface area contributed by atoms with E-state index in [1.165, 1.54) is 13.2 Å². The second-order valence-electron chi connectivity index (χ2n) is 8.65. The number of hydrogen-bond acceptors (Lipinski definition) is 6. The molecule has 32 heavy (non-hydrogen) atoms. The Morgan fingerprint density at radius 3 is 2.53 bits per heavy atom. The molecule has 0 atom stereocenters. The van der Waals surface area contributed by atoms with Crippen LogP contribution in [0, 0.1) is 6.92 Å². The normalized spacial score (nSPS) is 12.3. The topological polar surface area (TPSA) is 98.5 Å². The zero-order valence-corrected chi connectivity index (χ0v) is 19.3. The summed E-state index contributed by atoms with van der Waals surface area (Å²) in [4.78, 5) is 16.9. The first-order valence-electron chi connectivity index (χ1n) is 10.1. The summed E-state index contributed by atoms with van der Waals surface area (Å²) >= 11 is 0. The number of anilines is 1. The highest BCUT2D eigenvalue weighted by Gasteiger charge is 2.30. The van der Waals surface area contributed by atoms with Crippen LogP contribution in [-0.4, -0.2) is 26.5 Å². The molecule has 4 aromatic rings. The number of nitrogens with one attached hydrogen (secondary N) is 1. The van der Waals surface area contributed by atoms with Crippen LogP contribution in [0.5, 0.6) is 0 Å². The number of fused-ring (bicyclic) bond motifs is 2. The standard InChI is InChI=1S/C24H24N2O5S/c1-14-12-18-16(20(23(27)30-5)22(31-18)24(2,3)4)13-17(14)26-32(28,29)19-10-6-8-15-9-7-11-25-21(15)19/h6-13,26H,1-5H3. The number of furan rings is 1. The van der Waals surface area contributed by atoms with Crippen molar-refractivity contribution in [1.29, 1.82) is 0 Å². The highest BCUT2D eigenvalue weighted by molar-refractivity contribution is 7.93. The smallest absolute Gasteiger partial charge is 0.342 e. The first-order chi connectivity index (χ1) is 15.0. The number of nitrogens with zero attached hydrogens (tertiary/aromatic N) is 1. The molecule has 1 N–H and O–H groups in total. The Labute approximate surface area is 186 Å². The number of hydrogen-bond donors (Lipinski definition) is 1. The van der Waals surface area contributed by atoms with E-state index in [1.807, 2.05) is 20.8 Å². The summed E-state index contributed by atoms with van der Waals surface area (Å²) in [6, 6.07) is 11.9. The van der Waals surface area contributed by atoms with Crippen molar-refractivity contribution in [3.05, 3.63) is 65.5 Å². The van der Waals surface area contributed by atoms with Gasteiger partial charge in [-0.05, 0) is 36.8 Å². The van der Waals surface area contributed by atoms with Crippen molar-refractivity contribution < 1.29 is 22.4 Å². The van der Waals surface area contributed by atoms with E-state index in [2.05, 4.69) is 9.71 Å². The van der Waals surface area contributed by atoms with Gasteiger partial charge in [0.25, 0.3) is 10.0 Å². The van der Waals surface area contributed by atoms with Crippen LogP contribution in [0.15, 0.2) is 58.0 Å². The number of para-hydroxylation sites is 1. The van der Waals surface area contributed by atoms with E-state index in [4.69, 9.17) is 9.15 Å². The average Bonchev–Trinajstić information content (AvgIpc) is 3.11. The number of pyridine rings is 1. The van der Waals surface area contributed by atoms with Gasteiger partial charge in [-0.3, -0.25) is 9.71 Å². The predicted octanol–water partition coefficient (Wildman–Crippen LogP) is 5.17. The number of carbonyl (C=O) groups excluding carboxylic acids is 1. The van der Waals surface area contributed by atoms with E-state index in [0.717, 1.165) is 5.39 Å². The molecule has 8 heteroatoms. The average molecular weight is 453 g/mol. The molecule has 4 rings (SSSR count). The number of esters is 1. The number of ether oxygens (including phenoxy) is 1. The van der Waals surface area contributed by atoms with Gasteiger partial charge in [0.2, 0.25) is 0 Å². The molecule has 2 aromatic heterocycles. The van der Waals surface area contributed by atoms with Crippen LogP contribution in [0.3, 0.4) is 0 Å². The number of sulfonamides is 1. The molecule has 166 valence electrons. The second kappa shape index (κ2) is 7.63. The fourth-order valence-electron chi connectivity index (χ4n) is 3.68. The molecule has 0 amide bonds. The number of benzene rings is 2. The number of rotatable bonds is 4. The molecular weight excluding hydrogens is 428 g/mol. The van der Waals surface area contributed by atoms with Crippen LogP contribution >= 0.6 is 0 Å². The molecule has 0 unspecified atom stereocenters. The summed E-state index contributed by atoms with van der Waals surface area (Å²) in [7, 11) is -2.65. The van der Waals surface area contributed by atoms with E-state index in [9.17, 15) is 13.2 Å². The molecule has 0 spiro atoms. The third kappa shape index (κ3) is 3.71. The van der Waals surface area contributed by atoms with Gasteiger partial charge in [0.15, 0.2) is 0 Å². The highest BCUT2D eigenvalue weighted by atomic mass is 32.2. The van der Waals surface area contributed by atoms with Gasteiger partial charge < -0.3 is 9.15 Å². The van der Waals surface area contributed by atoms with Gasteiger partial charge in [-0.2, -0.15) is 0 Å². The molecule has 2 aromatic carbocycles. The Hall–Kier alpha value is -3.39. The van der Waals surface area contributed by atoms with E-state index in [1.54, 1.807) is 49.5 Å². The number of methoxy groups -OCH3 is 1. The monoisotopic (exact) mass is 452 g/mol. The van der Waals surface area contributed by atoms with Crippen LogP contribution < -0.4 is 4.72 Å². The van der Waals surface area contributed by atoms with Crippen molar-refractivity contribution in [2.45, 2.75) is 38.0 Å². The fourth-order valence-corrected chi connectivity index (χ4v) is 4.98. The summed E-state index contributed by atoms with van der Waals surface area (Å²) in [6.07, 6.45) is 1.56. The third-order valence-electron chi connectivity index (χ3n) is 5.24. The molecule has 0 aliphatic carbocycles. The van der Waals surface area contributed by atoms with Crippen molar-refractivity contribution in [3.8, 4) is 0 Å². The molecule has 0 bridgehead atoms. The van der Waals surface area contributed by atoms with Crippen LogP contribution in [0.25, 0.3) is 21.9 Å². The lowest BCUT2D eigenvalue weighted by Gasteiger charge is -2.16. The quantitative estimate of drug-likeness (QED) is 0.429. The van der Waals surface area contributed by atoms with Crippen molar-refractivity contribution >= 4 is 43.6 Å². The molecule has 7 nitrogen and oxygen atoms in total. The summed E-state index contributed by atoms with van der Waals surface area (Å²) in [5.74, 6) is -0.0541. The maximum absolute atomic E-state index is 13.3. The predicted molar refractivity (Wildman–Crippen MR) is 124 cm³/mol. The SMILES string of the molecule is COC(=O)c1c(C(C)(C)C)oc2cc(C)c(NS(=O)(=O)c3cccc4cccnc34)cc12. The Kier molecular flexibility index (Phi) is 5.21. The minimum atomic E-state index is -3.95. The Bertz CT molecular complexity index is 1460. The molecule has 0 aliphatic heterocycles. The molecule has 2 heterocycles. The molecular formula is C24H24N2O5S. The Morgan fingerprint density at radius 1 is 1.12 bits per heavy atom. The lowest BCUT2D eigenvalue weighted by atomic mass is 9.89. The van der Waals surface area contributed by atoms with Gasteiger partial charge >= 0.3 is 5.97 Å². The third-order valence-corrected chi connectivity index (χ3v) is 6.63. The zero-order chi connectivity index (χ0) is 23.3. The van der Waals surface area contributed by atoms with E-state index in [0.29, 0.717) is 39.1 Å². The Morgan fingerprint density at radius 2 is 1.84 bits per heavy atom. The largest absolute Gasteiger partial charge is 0.465 e. The van der Waals surface area contributed by atoms with Gasteiger partial charge in [0.1, 0.15) is 21.8 Å². The number of aryl methyl sites for hydroxylation is 1. The minimum absolute atomic E-state index is 0.0749. The fraction of sp³-hybridized carbons (Fsp3) is 0.250. The van der Waals surface area contributed by atoms with Crippen molar-refractivity contribution in [2.24, 2.45) is 0 Å². The Balaban J connectivity index is 1.88. The van der Waals surface area contributed by atoms with E-state index < -0.39 is 21.4 Å². The highest BCUT2D eigenvalue weighted by Crippen LogP contribution is 2.37. The van der Waals surface area contributed by atoms with Gasteiger partial charge in [-0.15, -0.1) is 0 Å². The molecule has 0 fully saturated rings. The van der Waals surface area contributed by atoms with Crippen molar-refractivity contribution in [3.63, 3.8) is 0 Å². The van der Waals surface area contributed by atoms with Crippen molar-refractivity contribution in [1.82, 2.24) is 4.98 Å². The van der Waals surface area contributed by atoms with Crippen LogP contribution in [0.1, 0.15) is 42.5 Å². The first kappa shape index (κ1) is 21.8. The minimum Gasteiger partial charge on any atom is -0.465 e. The lowest BCUT2D eigenvalue weighted by molar-refractivity contribution is 0.0598. The second-order valence-corrected chi connectivity index (χ2v) is 10.3. The van der Waals surface area contributed by atoms with Gasteiger partial charge in [0.05, 0.1) is 18.3 Å². The number of aromatic nitrogens is 1. The molecule has 0 saturated carbocycles. The maximum Gasteiger partial charge on any atom is 0.342 e. The van der Waals surface area contributed by atoms with Crippen LogP contribution in [0.2, 0.25) is 0 Å². The molecule has 0 radical (unpaired) electrons. The van der Waals surface area contributed by atoms with E-state index in [-0.39, 0.29) is 4.90 Å². The molecule has 0 saturated heterocycles. The summed E-state index contributed by atoms with van der Waals surface area (Å²) in [6.45, 7) is 7.57. The summed E-state index contributed by atoms with van der Waals surface area (Å²) < 4.78 is 40.2. The van der Waals surface area contributed by atoms with Gasteiger partial charge in [-0.25, -0.2) is 13.2 Å². The first-order valence-corrected chi connectivity index (χ1v) is 11.5. The maximum atomic E-state index is 13.3. The summed E-state index contributed by atoms with van der Waals surface area (Å²) in [5.41, 5.74) is 1.71. The van der Waals surface area contributed by atoms with Crippen LogP contribution in [-0.2, 0) is 20.2 Å².